The second kappa shape index (κ2) is 10.3. The van der Waals surface area contributed by atoms with Crippen LogP contribution in [0.4, 0.5) is 11.5 Å². The first-order valence-corrected chi connectivity index (χ1v) is 12.0. The van der Waals surface area contributed by atoms with Crippen LogP contribution in [0.2, 0.25) is 0 Å². The third-order valence-electron chi connectivity index (χ3n) is 7.21. The van der Waals surface area contributed by atoms with Crippen molar-refractivity contribution in [3.8, 4) is 0 Å². The van der Waals surface area contributed by atoms with E-state index in [4.69, 9.17) is 0 Å². The summed E-state index contributed by atoms with van der Waals surface area (Å²) in [5, 5.41) is 10.4. The highest BCUT2D eigenvalue weighted by Gasteiger charge is 2.29. The molecular formula is C26H36N4O2. The van der Waals surface area contributed by atoms with Crippen LogP contribution in [-0.4, -0.2) is 66.8 Å². The first-order valence-electron chi connectivity index (χ1n) is 12.0. The maximum atomic E-state index is 13.5. The molecule has 0 spiro atoms. The molecule has 2 aliphatic rings. The van der Waals surface area contributed by atoms with Crippen molar-refractivity contribution in [3.63, 3.8) is 0 Å². The number of para-hydroxylation sites is 1. The van der Waals surface area contributed by atoms with Gasteiger partial charge in [0.05, 0.1) is 11.7 Å². The molecule has 1 aliphatic heterocycles. The summed E-state index contributed by atoms with van der Waals surface area (Å²) >= 11 is 0. The van der Waals surface area contributed by atoms with E-state index >= 15 is 0 Å². The molecule has 1 saturated heterocycles. The van der Waals surface area contributed by atoms with E-state index in [0.717, 1.165) is 58.2 Å². The maximum Gasteiger partial charge on any atom is 0.257 e. The normalized spacial score (nSPS) is 21.9. The van der Waals surface area contributed by atoms with Crippen molar-refractivity contribution in [2.45, 2.75) is 50.7 Å². The number of hydrogen-bond acceptors (Lipinski definition) is 5. The van der Waals surface area contributed by atoms with Crippen molar-refractivity contribution >= 4 is 17.4 Å². The van der Waals surface area contributed by atoms with Gasteiger partial charge in [-0.15, -0.1) is 0 Å². The van der Waals surface area contributed by atoms with Crippen LogP contribution in [0.1, 0.15) is 48.9 Å². The highest BCUT2D eigenvalue weighted by molar-refractivity contribution is 5.99. The van der Waals surface area contributed by atoms with E-state index in [-0.39, 0.29) is 24.0 Å². The number of nitrogens with zero attached hydrogens (tertiary/aromatic N) is 4. The lowest BCUT2D eigenvalue weighted by Crippen LogP contribution is -2.46. The number of aliphatic hydroxyl groups excluding tert-OH is 1. The molecule has 1 aromatic heterocycles. The van der Waals surface area contributed by atoms with E-state index in [9.17, 15) is 9.90 Å². The molecule has 1 amide bonds. The predicted molar refractivity (Wildman–Crippen MR) is 129 cm³/mol. The van der Waals surface area contributed by atoms with Crippen molar-refractivity contribution in [3.05, 3.63) is 54.2 Å². The van der Waals surface area contributed by atoms with Crippen molar-refractivity contribution in [2.75, 3.05) is 43.5 Å². The van der Waals surface area contributed by atoms with Crippen molar-refractivity contribution < 1.29 is 9.90 Å². The van der Waals surface area contributed by atoms with Gasteiger partial charge in [-0.3, -0.25) is 4.79 Å². The smallest absolute Gasteiger partial charge is 0.257 e. The Bertz CT molecular complexity index is 882. The molecule has 0 bridgehead atoms. The van der Waals surface area contributed by atoms with Gasteiger partial charge in [-0.2, -0.15) is 0 Å². The van der Waals surface area contributed by atoms with E-state index in [1.54, 1.807) is 6.20 Å². The fourth-order valence-corrected chi connectivity index (χ4v) is 5.21. The van der Waals surface area contributed by atoms with Gasteiger partial charge < -0.3 is 19.8 Å². The topological polar surface area (TPSA) is 59.9 Å². The molecule has 2 heterocycles. The largest absolute Gasteiger partial charge is 0.393 e. The van der Waals surface area contributed by atoms with Crippen LogP contribution in [0, 0.1) is 5.92 Å². The molecule has 2 fully saturated rings. The maximum absolute atomic E-state index is 13.5. The van der Waals surface area contributed by atoms with Gasteiger partial charge in [-0.1, -0.05) is 31.0 Å². The summed E-state index contributed by atoms with van der Waals surface area (Å²) in [5.41, 5.74) is 1.90. The summed E-state index contributed by atoms with van der Waals surface area (Å²) in [4.78, 5) is 24.4. The molecule has 4 rings (SSSR count). The molecular weight excluding hydrogens is 400 g/mol. The summed E-state index contributed by atoms with van der Waals surface area (Å²) in [6.07, 6.45) is 7.56. The van der Waals surface area contributed by atoms with Crippen molar-refractivity contribution in [1.82, 2.24) is 9.88 Å². The Kier molecular flexibility index (Phi) is 7.30. The number of rotatable bonds is 6. The summed E-state index contributed by atoms with van der Waals surface area (Å²) < 4.78 is 0. The Morgan fingerprint density at radius 2 is 1.75 bits per heavy atom. The second-order valence-electron chi connectivity index (χ2n) is 9.34. The highest BCUT2D eigenvalue weighted by Crippen LogP contribution is 2.28. The number of aromatic nitrogens is 1. The zero-order chi connectivity index (χ0) is 22.5. The fourth-order valence-electron chi connectivity index (χ4n) is 5.21. The van der Waals surface area contributed by atoms with E-state index < -0.39 is 0 Å². The molecule has 2 atom stereocenters. The number of carbonyl (C=O) groups excluding carboxylic acids is 1. The van der Waals surface area contributed by atoms with Gasteiger partial charge in [0.2, 0.25) is 0 Å². The van der Waals surface area contributed by atoms with E-state index in [2.05, 4.69) is 39.0 Å². The summed E-state index contributed by atoms with van der Waals surface area (Å²) in [7, 11) is 3.91. The molecule has 1 N–H and O–H groups in total. The standard InChI is InChI=1S/C26H36N4O2/c1-28(19-20-9-6-7-13-24(20)31)25-23(12-8-16-27-25)26(32)29(2)21-14-17-30(18-15-21)22-10-4-3-5-11-22/h3-5,8,10-12,16,20-21,24,31H,6-7,9,13-15,17-19H2,1-2H3. The Labute approximate surface area is 191 Å². The van der Waals surface area contributed by atoms with Crippen molar-refractivity contribution in [1.29, 1.82) is 0 Å². The molecule has 32 heavy (non-hydrogen) atoms. The van der Waals surface area contributed by atoms with Gasteiger partial charge in [0.25, 0.3) is 5.91 Å². The Morgan fingerprint density at radius 1 is 1.03 bits per heavy atom. The van der Waals surface area contributed by atoms with Gasteiger partial charge in [-0.05, 0) is 49.9 Å². The molecule has 1 saturated carbocycles. The first kappa shape index (κ1) is 22.6. The number of amides is 1. The molecule has 2 aromatic rings. The van der Waals surface area contributed by atoms with Crippen LogP contribution in [0.15, 0.2) is 48.7 Å². The lowest BCUT2D eigenvalue weighted by molar-refractivity contribution is 0.0707. The van der Waals surface area contributed by atoms with E-state index in [1.807, 2.05) is 37.2 Å². The van der Waals surface area contributed by atoms with Crippen LogP contribution >= 0.6 is 0 Å². The Balaban J connectivity index is 1.41. The lowest BCUT2D eigenvalue weighted by Gasteiger charge is -2.38. The average Bonchev–Trinajstić information content (AvgIpc) is 2.85. The van der Waals surface area contributed by atoms with Crippen LogP contribution in [0.25, 0.3) is 0 Å². The molecule has 2 unspecified atom stereocenters. The van der Waals surface area contributed by atoms with Crippen LogP contribution in [-0.2, 0) is 0 Å². The highest BCUT2D eigenvalue weighted by atomic mass is 16.3. The van der Waals surface area contributed by atoms with Gasteiger partial charge in [0.15, 0.2) is 0 Å². The monoisotopic (exact) mass is 436 g/mol. The first-order chi connectivity index (χ1) is 15.5. The molecule has 0 radical (unpaired) electrons. The SMILES string of the molecule is CN(CC1CCCCC1O)c1ncccc1C(=O)N(C)C1CCN(c2ccccc2)CC1. The lowest BCUT2D eigenvalue weighted by atomic mass is 9.86. The number of aliphatic hydroxyl groups is 1. The molecule has 6 nitrogen and oxygen atoms in total. The molecule has 6 heteroatoms. The zero-order valence-electron chi connectivity index (χ0n) is 19.4. The Morgan fingerprint density at radius 3 is 2.47 bits per heavy atom. The van der Waals surface area contributed by atoms with Crippen LogP contribution < -0.4 is 9.80 Å². The number of anilines is 2. The number of hydrogen-bond donors (Lipinski definition) is 1. The summed E-state index contributed by atoms with van der Waals surface area (Å²) in [5.74, 6) is 0.977. The number of pyridine rings is 1. The van der Waals surface area contributed by atoms with Gasteiger partial charge in [-0.25, -0.2) is 4.98 Å². The molecule has 1 aliphatic carbocycles. The summed E-state index contributed by atoms with van der Waals surface area (Å²) in [6.45, 7) is 2.62. The van der Waals surface area contributed by atoms with E-state index in [1.165, 1.54) is 5.69 Å². The van der Waals surface area contributed by atoms with Gasteiger partial charge >= 0.3 is 0 Å². The average molecular weight is 437 g/mol. The second-order valence-corrected chi connectivity index (χ2v) is 9.34. The Hall–Kier alpha value is -2.60. The minimum absolute atomic E-state index is 0.0299. The third-order valence-corrected chi connectivity index (χ3v) is 7.21. The number of carbonyl (C=O) groups is 1. The quantitative estimate of drug-likeness (QED) is 0.746. The number of piperidine rings is 1. The van der Waals surface area contributed by atoms with Crippen LogP contribution in [0.5, 0.6) is 0 Å². The predicted octanol–water partition coefficient (Wildman–Crippen LogP) is 3.81. The fraction of sp³-hybridized carbons (Fsp3) is 0.538. The van der Waals surface area contributed by atoms with Crippen molar-refractivity contribution in [2.24, 2.45) is 5.92 Å². The third kappa shape index (κ3) is 5.07. The van der Waals surface area contributed by atoms with Crippen LogP contribution in [0.3, 0.4) is 0 Å². The van der Waals surface area contributed by atoms with Gasteiger partial charge in [0, 0.05) is 57.6 Å². The van der Waals surface area contributed by atoms with Gasteiger partial charge in [0.1, 0.15) is 5.82 Å². The minimum atomic E-state index is -0.258. The summed E-state index contributed by atoms with van der Waals surface area (Å²) in [6, 6.07) is 14.4. The van der Waals surface area contributed by atoms with E-state index in [0.29, 0.717) is 11.4 Å². The molecule has 1 aromatic carbocycles. The molecule has 172 valence electrons. The minimum Gasteiger partial charge on any atom is -0.393 e. The zero-order valence-corrected chi connectivity index (χ0v) is 19.4. The number of benzene rings is 1.